The summed E-state index contributed by atoms with van der Waals surface area (Å²) >= 11 is 0. The van der Waals surface area contributed by atoms with Gasteiger partial charge in [-0.3, -0.25) is 4.79 Å². The van der Waals surface area contributed by atoms with E-state index in [1.807, 2.05) is 0 Å². The zero-order valence-electron chi connectivity index (χ0n) is 11.4. The van der Waals surface area contributed by atoms with Crippen LogP contribution in [-0.2, 0) is 9.22 Å². The summed E-state index contributed by atoms with van der Waals surface area (Å²) in [6.45, 7) is 14.0. The third-order valence-electron chi connectivity index (χ3n) is 4.01. The van der Waals surface area contributed by atoms with Crippen molar-refractivity contribution >= 4 is 14.2 Å². The van der Waals surface area contributed by atoms with Gasteiger partial charge in [-0.25, -0.2) is 0 Å². The molecular formula is C12H25NO2Si. The molecule has 0 unspecified atom stereocenters. The fourth-order valence-corrected chi connectivity index (χ4v) is 2.64. The van der Waals surface area contributed by atoms with Gasteiger partial charge in [-0.15, -0.1) is 0 Å². The van der Waals surface area contributed by atoms with Crippen LogP contribution in [0.5, 0.6) is 0 Å². The smallest absolute Gasteiger partial charge is 0.220 e. The van der Waals surface area contributed by atoms with Crippen LogP contribution in [-0.4, -0.2) is 26.9 Å². The highest BCUT2D eigenvalue weighted by atomic mass is 28.4. The Morgan fingerprint density at radius 1 is 1.44 bits per heavy atom. The molecule has 0 saturated carbocycles. The highest BCUT2D eigenvalue weighted by Gasteiger charge is 2.39. The van der Waals surface area contributed by atoms with Gasteiger partial charge in [0.05, 0.1) is 0 Å². The van der Waals surface area contributed by atoms with E-state index in [-0.39, 0.29) is 17.0 Å². The topological polar surface area (TPSA) is 38.3 Å². The van der Waals surface area contributed by atoms with Crippen molar-refractivity contribution in [2.45, 2.75) is 58.3 Å². The first-order valence-electron chi connectivity index (χ1n) is 6.07. The number of carbonyl (C=O) groups is 1. The van der Waals surface area contributed by atoms with Crippen LogP contribution >= 0.6 is 0 Å². The summed E-state index contributed by atoms with van der Waals surface area (Å²) in [5, 5.41) is 3.18. The molecular weight excluding hydrogens is 218 g/mol. The van der Waals surface area contributed by atoms with Gasteiger partial charge in [0, 0.05) is 25.0 Å². The Balaban J connectivity index is 2.49. The molecule has 1 aliphatic heterocycles. The summed E-state index contributed by atoms with van der Waals surface area (Å²) < 4.78 is 6.14. The fourth-order valence-electron chi connectivity index (χ4n) is 1.58. The number of rotatable bonds is 3. The highest BCUT2D eigenvalue weighted by molar-refractivity contribution is 6.74. The minimum atomic E-state index is -1.66. The molecule has 2 atom stereocenters. The molecule has 0 bridgehead atoms. The van der Waals surface area contributed by atoms with Crippen molar-refractivity contribution in [1.29, 1.82) is 0 Å². The van der Waals surface area contributed by atoms with Gasteiger partial charge in [-0.05, 0) is 25.1 Å². The molecule has 0 aromatic carbocycles. The number of amides is 1. The van der Waals surface area contributed by atoms with Gasteiger partial charge in [0.25, 0.3) is 0 Å². The van der Waals surface area contributed by atoms with Crippen molar-refractivity contribution in [3.8, 4) is 0 Å². The second-order valence-corrected chi connectivity index (χ2v) is 11.2. The van der Waals surface area contributed by atoms with E-state index < -0.39 is 8.32 Å². The Labute approximate surface area is 100 Å². The van der Waals surface area contributed by atoms with E-state index in [1.54, 1.807) is 0 Å². The van der Waals surface area contributed by atoms with Gasteiger partial charge in [0.15, 0.2) is 8.32 Å². The number of hydrogen-bond acceptors (Lipinski definition) is 2. The first-order chi connectivity index (χ1) is 7.13. The molecule has 1 heterocycles. The molecule has 0 aromatic heterocycles. The van der Waals surface area contributed by atoms with Gasteiger partial charge < -0.3 is 9.74 Å². The number of carbonyl (C=O) groups excluding carboxylic acids is 1. The minimum absolute atomic E-state index is 0.163. The molecule has 1 N–H and O–H groups in total. The Hall–Kier alpha value is -0.353. The molecule has 0 spiro atoms. The van der Waals surface area contributed by atoms with Crippen LogP contribution < -0.4 is 5.32 Å². The van der Waals surface area contributed by atoms with Crippen molar-refractivity contribution in [3.63, 3.8) is 0 Å². The van der Waals surface area contributed by atoms with Crippen LogP contribution in [0.4, 0.5) is 0 Å². The predicted molar refractivity (Wildman–Crippen MR) is 68.9 cm³/mol. The lowest BCUT2D eigenvalue weighted by Gasteiger charge is -2.37. The summed E-state index contributed by atoms with van der Waals surface area (Å²) in [5.41, 5.74) is 0. The van der Waals surface area contributed by atoms with E-state index in [0.717, 1.165) is 6.61 Å². The van der Waals surface area contributed by atoms with Gasteiger partial charge in [0.1, 0.15) is 0 Å². The standard InChI is InChI=1S/C12H25NO2Si/c1-9-10(7-11(14)13-9)8-15-16(5,6)12(2,3)4/h9-10H,7-8H2,1-6H3,(H,13,14)/t9-,10-/m1/s1. The Morgan fingerprint density at radius 2 is 2.00 bits per heavy atom. The van der Waals surface area contributed by atoms with Crippen LogP contribution in [0.2, 0.25) is 18.1 Å². The van der Waals surface area contributed by atoms with Crippen molar-refractivity contribution in [2.24, 2.45) is 5.92 Å². The normalized spacial score (nSPS) is 27.0. The largest absolute Gasteiger partial charge is 0.416 e. The maximum Gasteiger partial charge on any atom is 0.220 e. The molecule has 4 heteroatoms. The number of hydrogen-bond donors (Lipinski definition) is 1. The van der Waals surface area contributed by atoms with Crippen molar-refractivity contribution in [2.75, 3.05) is 6.61 Å². The molecule has 1 fully saturated rings. The lowest BCUT2D eigenvalue weighted by atomic mass is 10.0. The van der Waals surface area contributed by atoms with Crippen molar-refractivity contribution in [1.82, 2.24) is 5.32 Å². The maximum absolute atomic E-state index is 11.2. The van der Waals surface area contributed by atoms with Crippen LogP contribution in [0.1, 0.15) is 34.1 Å². The zero-order valence-corrected chi connectivity index (χ0v) is 12.4. The van der Waals surface area contributed by atoms with Crippen molar-refractivity contribution < 1.29 is 9.22 Å². The number of nitrogens with one attached hydrogen (secondary N) is 1. The first-order valence-corrected chi connectivity index (χ1v) is 8.97. The lowest BCUT2D eigenvalue weighted by Crippen LogP contribution is -2.42. The molecule has 16 heavy (non-hydrogen) atoms. The van der Waals surface area contributed by atoms with Gasteiger partial charge >= 0.3 is 0 Å². The molecule has 94 valence electrons. The Kier molecular flexibility index (Phi) is 3.85. The summed E-state index contributed by atoms with van der Waals surface area (Å²) in [4.78, 5) is 11.2. The second-order valence-electron chi connectivity index (χ2n) is 6.39. The van der Waals surface area contributed by atoms with Gasteiger partial charge in [0.2, 0.25) is 5.91 Å². The van der Waals surface area contributed by atoms with E-state index >= 15 is 0 Å². The average molecular weight is 243 g/mol. The van der Waals surface area contributed by atoms with Crippen LogP contribution in [0.15, 0.2) is 0 Å². The Bertz CT molecular complexity index is 271. The van der Waals surface area contributed by atoms with E-state index in [9.17, 15) is 4.79 Å². The van der Waals surface area contributed by atoms with Crippen LogP contribution in [0, 0.1) is 5.92 Å². The van der Waals surface area contributed by atoms with Crippen molar-refractivity contribution in [3.05, 3.63) is 0 Å². The van der Waals surface area contributed by atoms with E-state index in [2.05, 4.69) is 46.1 Å². The molecule has 1 aliphatic rings. The third kappa shape index (κ3) is 3.07. The van der Waals surface area contributed by atoms with Crippen LogP contribution in [0.25, 0.3) is 0 Å². The molecule has 3 nitrogen and oxygen atoms in total. The van der Waals surface area contributed by atoms with Crippen LogP contribution in [0.3, 0.4) is 0 Å². The lowest BCUT2D eigenvalue weighted by molar-refractivity contribution is -0.119. The van der Waals surface area contributed by atoms with Gasteiger partial charge in [-0.1, -0.05) is 20.8 Å². The Morgan fingerprint density at radius 3 is 2.38 bits per heavy atom. The fraction of sp³-hybridized carbons (Fsp3) is 0.917. The first kappa shape index (κ1) is 13.7. The minimum Gasteiger partial charge on any atom is -0.416 e. The zero-order chi connectivity index (χ0) is 12.6. The maximum atomic E-state index is 11.2. The monoisotopic (exact) mass is 243 g/mol. The molecule has 0 aliphatic carbocycles. The van der Waals surface area contributed by atoms with E-state index in [4.69, 9.17) is 4.43 Å². The quantitative estimate of drug-likeness (QED) is 0.774. The highest BCUT2D eigenvalue weighted by Crippen LogP contribution is 2.37. The predicted octanol–water partition coefficient (Wildman–Crippen LogP) is 2.53. The SMILES string of the molecule is C[C@H]1NC(=O)C[C@@H]1CO[Si](C)(C)C(C)(C)C. The molecule has 1 amide bonds. The average Bonchev–Trinajstić information content (AvgIpc) is 2.39. The molecule has 1 saturated heterocycles. The van der Waals surface area contributed by atoms with Gasteiger partial charge in [-0.2, -0.15) is 0 Å². The summed E-state index contributed by atoms with van der Waals surface area (Å²) in [6.07, 6.45) is 0.621. The van der Waals surface area contributed by atoms with E-state index in [1.165, 1.54) is 0 Å². The molecule has 0 aromatic rings. The third-order valence-corrected chi connectivity index (χ3v) is 8.51. The summed E-state index contributed by atoms with van der Waals surface area (Å²) in [5.74, 6) is 0.512. The molecule has 0 radical (unpaired) electrons. The van der Waals surface area contributed by atoms with E-state index in [0.29, 0.717) is 12.3 Å². The molecule has 1 rings (SSSR count). The summed E-state index contributed by atoms with van der Waals surface area (Å²) in [6, 6.07) is 0.261. The summed E-state index contributed by atoms with van der Waals surface area (Å²) in [7, 11) is -1.66. The second kappa shape index (κ2) is 4.49.